The summed E-state index contributed by atoms with van der Waals surface area (Å²) in [6.07, 6.45) is 0. The first-order valence-electron chi connectivity index (χ1n) is 7.67. The van der Waals surface area contributed by atoms with E-state index in [1.54, 1.807) is 42.5 Å². The first-order valence-corrected chi connectivity index (χ1v) is 8.42. The Balaban J connectivity index is 2.13. The van der Waals surface area contributed by atoms with Crippen LogP contribution in [0, 0.1) is 0 Å². The van der Waals surface area contributed by atoms with Crippen molar-refractivity contribution in [1.82, 2.24) is 0 Å². The summed E-state index contributed by atoms with van der Waals surface area (Å²) in [6.45, 7) is 3.67. The van der Waals surface area contributed by atoms with Gasteiger partial charge in [-0.2, -0.15) is 0 Å². The van der Waals surface area contributed by atoms with E-state index < -0.39 is 5.91 Å². The third-order valence-corrected chi connectivity index (χ3v) is 4.00. The van der Waals surface area contributed by atoms with Crippen LogP contribution in [-0.4, -0.2) is 25.0 Å². The van der Waals surface area contributed by atoms with E-state index in [1.807, 2.05) is 6.92 Å². The molecule has 132 valence electrons. The maximum absolute atomic E-state index is 12.3. The van der Waals surface area contributed by atoms with Gasteiger partial charge in [0.2, 0.25) is 11.8 Å². The molecule has 2 aromatic carbocycles. The summed E-state index contributed by atoms with van der Waals surface area (Å²) in [5.74, 6) is 0.0331. The van der Waals surface area contributed by atoms with Crippen molar-refractivity contribution in [3.63, 3.8) is 0 Å². The fraction of sp³-hybridized carbons (Fsp3) is 0.222. The quantitative estimate of drug-likeness (QED) is 0.808. The molecule has 0 fully saturated rings. The monoisotopic (exact) mass is 380 g/mol. The number of para-hydroxylation sites is 1. The molecule has 25 heavy (non-hydrogen) atoms. The van der Waals surface area contributed by atoms with Crippen LogP contribution in [-0.2, 0) is 9.59 Å². The minimum absolute atomic E-state index is 0.162. The largest absolute Gasteiger partial charge is 0.494 e. The second kappa shape index (κ2) is 8.74. The Kier molecular flexibility index (Phi) is 6.67. The number of hydrogen-bond acceptors (Lipinski definition) is 3. The van der Waals surface area contributed by atoms with E-state index in [9.17, 15) is 9.59 Å². The molecule has 0 aliphatic rings. The third kappa shape index (κ3) is 5.11. The lowest BCUT2D eigenvalue weighted by molar-refractivity contribution is -0.120. The summed E-state index contributed by atoms with van der Waals surface area (Å²) in [5.41, 5.74) is 0.919. The Hall–Kier alpha value is -2.24. The van der Waals surface area contributed by atoms with Crippen molar-refractivity contribution in [3.8, 4) is 5.75 Å². The van der Waals surface area contributed by atoms with Crippen LogP contribution >= 0.6 is 23.2 Å². The Labute approximate surface area is 156 Å². The van der Waals surface area contributed by atoms with Crippen molar-refractivity contribution in [2.75, 3.05) is 23.4 Å². The average Bonchev–Trinajstić information content (AvgIpc) is 2.57. The molecule has 0 saturated carbocycles. The van der Waals surface area contributed by atoms with Crippen molar-refractivity contribution >= 4 is 46.4 Å². The predicted octanol–water partition coefficient (Wildman–Crippen LogP) is 4.38. The van der Waals surface area contributed by atoms with Gasteiger partial charge in [0.1, 0.15) is 12.3 Å². The average molecular weight is 381 g/mol. The van der Waals surface area contributed by atoms with Crippen LogP contribution in [0.3, 0.4) is 0 Å². The Morgan fingerprint density at radius 1 is 1.08 bits per heavy atom. The number of benzene rings is 2. The highest BCUT2D eigenvalue weighted by Crippen LogP contribution is 2.29. The van der Waals surface area contributed by atoms with E-state index in [1.165, 1.54) is 11.8 Å². The molecule has 0 unspecified atom stereocenters. The molecule has 1 N–H and O–H groups in total. The molecule has 7 heteroatoms. The molecule has 0 bridgehead atoms. The molecule has 2 aromatic rings. The molecule has 0 spiro atoms. The molecule has 0 radical (unpaired) electrons. The lowest BCUT2D eigenvalue weighted by Crippen LogP contribution is -2.36. The maximum atomic E-state index is 12.3. The van der Waals surface area contributed by atoms with Gasteiger partial charge >= 0.3 is 0 Å². The Morgan fingerprint density at radius 2 is 1.68 bits per heavy atom. The summed E-state index contributed by atoms with van der Waals surface area (Å²) in [6, 6.07) is 11.9. The highest BCUT2D eigenvalue weighted by molar-refractivity contribution is 6.39. The summed E-state index contributed by atoms with van der Waals surface area (Å²) >= 11 is 12.1. The number of hydrogen-bond donors (Lipinski definition) is 1. The van der Waals surface area contributed by atoms with Gasteiger partial charge in [0.15, 0.2) is 0 Å². The van der Waals surface area contributed by atoms with Crippen molar-refractivity contribution in [2.24, 2.45) is 0 Å². The molecule has 0 aliphatic heterocycles. The Bertz CT molecular complexity index is 743. The molecular weight excluding hydrogens is 363 g/mol. The molecule has 0 aliphatic carbocycles. The normalized spacial score (nSPS) is 10.2. The summed E-state index contributed by atoms with van der Waals surface area (Å²) < 4.78 is 5.38. The molecule has 0 saturated heterocycles. The minimum atomic E-state index is -0.404. The molecule has 0 aromatic heterocycles. The number of carbonyl (C=O) groups is 2. The number of halogens is 2. The number of carbonyl (C=O) groups excluding carboxylic acids is 2. The SMILES string of the molecule is CCOc1ccc(N(CC(=O)Nc2c(Cl)cccc2Cl)C(C)=O)cc1. The van der Waals surface area contributed by atoms with E-state index in [4.69, 9.17) is 27.9 Å². The molecule has 2 amide bonds. The van der Waals surface area contributed by atoms with Crippen LogP contribution in [0.15, 0.2) is 42.5 Å². The van der Waals surface area contributed by atoms with Gasteiger partial charge in [0.25, 0.3) is 0 Å². The fourth-order valence-electron chi connectivity index (χ4n) is 2.21. The number of nitrogens with one attached hydrogen (secondary N) is 1. The molecular formula is C18H18Cl2N2O3. The summed E-state index contributed by atoms with van der Waals surface area (Å²) in [7, 11) is 0. The van der Waals surface area contributed by atoms with Gasteiger partial charge in [-0.05, 0) is 43.3 Å². The van der Waals surface area contributed by atoms with Gasteiger partial charge in [-0.25, -0.2) is 0 Å². The number of rotatable bonds is 6. The molecule has 0 atom stereocenters. The van der Waals surface area contributed by atoms with Crippen LogP contribution in [0.25, 0.3) is 0 Å². The maximum Gasteiger partial charge on any atom is 0.244 e. The summed E-state index contributed by atoms with van der Waals surface area (Å²) in [5, 5.41) is 3.30. The minimum Gasteiger partial charge on any atom is -0.494 e. The predicted molar refractivity (Wildman–Crippen MR) is 101 cm³/mol. The number of amides is 2. The fourth-order valence-corrected chi connectivity index (χ4v) is 2.71. The zero-order valence-corrected chi connectivity index (χ0v) is 15.4. The smallest absolute Gasteiger partial charge is 0.244 e. The van der Waals surface area contributed by atoms with Crippen molar-refractivity contribution in [3.05, 3.63) is 52.5 Å². The van der Waals surface area contributed by atoms with Gasteiger partial charge in [-0.1, -0.05) is 29.3 Å². The van der Waals surface area contributed by atoms with Crippen molar-refractivity contribution < 1.29 is 14.3 Å². The van der Waals surface area contributed by atoms with Crippen LogP contribution in [0.5, 0.6) is 5.75 Å². The first kappa shape index (κ1) is 19.1. The van der Waals surface area contributed by atoms with E-state index in [0.29, 0.717) is 33.8 Å². The van der Waals surface area contributed by atoms with Crippen LogP contribution in [0.2, 0.25) is 10.0 Å². The van der Waals surface area contributed by atoms with E-state index in [2.05, 4.69) is 5.32 Å². The second-order valence-electron chi connectivity index (χ2n) is 5.18. The van der Waals surface area contributed by atoms with Gasteiger partial charge in [-0.15, -0.1) is 0 Å². The van der Waals surface area contributed by atoms with Crippen LogP contribution in [0.1, 0.15) is 13.8 Å². The summed E-state index contributed by atoms with van der Waals surface area (Å²) in [4.78, 5) is 25.6. The highest BCUT2D eigenvalue weighted by atomic mass is 35.5. The lowest BCUT2D eigenvalue weighted by atomic mass is 10.2. The third-order valence-electron chi connectivity index (χ3n) is 3.37. The van der Waals surface area contributed by atoms with Crippen LogP contribution in [0.4, 0.5) is 11.4 Å². The Morgan fingerprint density at radius 3 is 2.20 bits per heavy atom. The second-order valence-corrected chi connectivity index (χ2v) is 5.99. The molecule has 2 rings (SSSR count). The van der Waals surface area contributed by atoms with E-state index in [0.717, 1.165) is 0 Å². The molecule has 5 nitrogen and oxygen atoms in total. The number of ether oxygens (including phenoxy) is 1. The van der Waals surface area contributed by atoms with Gasteiger partial charge in [-0.3, -0.25) is 9.59 Å². The van der Waals surface area contributed by atoms with E-state index >= 15 is 0 Å². The molecule has 0 heterocycles. The zero-order chi connectivity index (χ0) is 18.4. The standard InChI is InChI=1S/C18H18Cl2N2O3/c1-3-25-14-9-7-13(8-10-14)22(12(2)23)11-17(24)21-18-15(19)5-4-6-16(18)20/h4-10H,3,11H2,1-2H3,(H,21,24). The van der Waals surface area contributed by atoms with Gasteiger partial charge in [0.05, 0.1) is 22.3 Å². The van der Waals surface area contributed by atoms with E-state index in [-0.39, 0.29) is 12.5 Å². The lowest BCUT2D eigenvalue weighted by Gasteiger charge is -2.21. The first-order chi connectivity index (χ1) is 11.9. The number of anilines is 2. The topological polar surface area (TPSA) is 58.6 Å². The van der Waals surface area contributed by atoms with Gasteiger partial charge in [0, 0.05) is 12.6 Å². The highest BCUT2D eigenvalue weighted by Gasteiger charge is 2.17. The zero-order valence-electron chi connectivity index (χ0n) is 13.9. The van der Waals surface area contributed by atoms with Crippen molar-refractivity contribution in [2.45, 2.75) is 13.8 Å². The van der Waals surface area contributed by atoms with Gasteiger partial charge < -0.3 is 15.0 Å². The van der Waals surface area contributed by atoms with Crippen LogP contribution < -0.4 is 15.0 Å². The van der Waals surface area contributed by atoms with Crippen molar-refractivity contribution in [1.29, 1.82) is 0 Å². The number of nitrogens with zero attached hydrogens (tertiary/aromatic N) is 1.